The van der Waals surface area contributed by atoms with E-state index in [0.717, 1.165) is 215 Å². The number of aliphatic hydroxyl groups is 6. The number of rotatable bonds is 15. The van der Waals surface area contributed by atoms with Crippen LogP contribution >= 0.6 is 0 Å². The largest absolute Gasteiger partial charge is 1.00 e. The number of likely N-dealkylation sites (N-methyl/N-ethyl adjacent to an activating group) is 5. The summed E-state index contributed by atoms with van der Waals surface area (Å²) in [6.07, 6.45) is 33.9. The van der Waals surface area contributed by atoms with Crippen LogP contribution in [0.15, 0.2) is 135 Å². The molecule has 5 aromatic rings. The Hall–Kier alpha value is -7.48. The molecule has 10 fully saturated rings. The van der Waals surface area contributed by atoms with Crippen molar-refractivity contribution in [1.82, 2.24) is 0 Å². The number of Topliss-reactive ketones (excluding diaryl/α,β-unsaturated/α-hetero) is 1. The number of primary amides is 5. The van der Waals surface area contributed by atoms with E-state index < -0.39 is 93.1 Å². The van der Waals surface area contributed by atoms with Gasteiger partial charge in [0.05, 0.1) is 163 Å². The highest BCUT2D eigenvalue weighted by Crippen LogP contribution is 2.71. The van der Waals surface area contributed by atoms with Crippen LogP contribution in [0.25, 0.3) is 0 Å². The number of hydrogen-bond donors (Lipinski definition) is 13. The zero-order chi connectivity index (χ0) is 97.2. The van der Waals surface area contributed by atoms with Gasteiger partial charge in [-0.1, -0.05) is 87.2 Å². The first-order valence-electron chi connectivity index (χ1n) is 51.2. The Bertz CT molecular complexity index is 6190. The first kappa shape index (κ1) is 107. The smallest absolute Gasteiger partial charge is 0.252 e. The summed E-state index contributed by atoms with van der Waals surface area (Å²) in [4.78, 5) is 72.6. The molecule has 26 atom stereocenters. The highest BCUT2D eigenvalue weighted by molar-refractivity contribution is 6.00. The van der Waals surface area contributed by atoms with Gasteiger partial charge in [-0.05, 0) is 159 Å². The molecular formula is C111H141Br5N10O17. The molecule has 0 radical (unpaired) electrons. The number of quaternary nitrogens is 5. The number of aromatic hydroxyl groups is 2. The molecule has 18 N–H and O–H groups in total. The molecule has 143 heavy (non-hydrogen) atoms. The van der Waals surface area contributed by atoms with Crippen molar-refractivity contribution in [3.8, 4) is 28.7 Å². The summed E-state index contributed by atoms with van der Waals surface area (Å²) < 4.78 is 23.4. The molecule has 8 aliphatic heterocycles. The van der Waals surface area contributed by atoms with Crippen LogP contribution in [0.1, 0.15) is 229 Å². The van der Waals surface area contributed by atoms with Crippen LogP contribution in [0, 0.1) is 29.6 Å². The van der Waals surface area contributed by atoms with Gasteiger partial charge in [0.2, 0.25) is 0 Å². The summed E-state index contributed by atoms with van der Waals surface area (Å²) in [7, 11) is 11.5. The minimum absolute atomic E-state index is 0. The fourth-order valence-corrected chi connectivity index (χ4v) is 33.7. The van der Waals surface area contributed by atoms with Crippen LogP contribution in [-0.4, -0.2) is 283 Å². The van der Waals surface area contributed by atoms with Gasteiger partial charge in [-0.25, -0.2) is 0 Å². The van der Waals surface area contributed by atoms with Gasteiger partial charge in [0.1, 0.15) is 88.0 Å². The van der Waals surface area contributed by atoms with Gasteiger partial charge in [0.25, 0.3) is 29.5 Å². The number of hydrogen-bond acceptors (Lipinski definition) is 17. The summed E-state index contributed by atoms with van der Waals surface area (Å²) in [6, 6.07) is 19.4. The first-order chi connectivity index (χ1) is 65.5. The second-order valence-electron chi connectivity index (χ2n) is 47.5. The van der Waals surface area contributed by atoms with E-state index in [1.807, 2.05) is 54.6 Å². The van der Waals surface area contributed by atoms with Crippen molar-refractivity contribution in [2.45, 2.75) is 265 Å². The molecule has 26 rings (SSSR count). The quantitative estimate of drug-likeness (QED) is 0.0342. The molecule has 32 heteroatoms. The molecule has 5 saturated carbocycles. The van der Waals surface area contributed by atoms with Crippen LogP contribution in [0.4, 0.5) is 0 Å². The Morgan fingerprint density at radius 2 is 0.874 bits per heavy atom. The Labute approximate surface area is 890 Å². The van der Waals surface area contributed by atoms with Gasteiger partial charge in [-0.3, -0.25) is 28.8 Å². The zero-order valence-corrected chi connectivity index (χ0v) is 90.5. The Morgan fingerprint density at radius 1 is 0.441 bits per heavy atom. The Morgan fingerprint density at radius 3 is 1.42 bits per heavy atom. The molecule has 27 nitrogen and oxygen atoms in total. The van der Waals surface area contributed by atoms with E-state index in [9.17, 15) is 69.6 Å². The lowest BCUT2D eigenvalue weighted by molar-refractivity contribution is -0.951. The number of ether oxygens (including phenoxy) is 3. The summed E-state index contributed by atoms with van der Waals surface area (Å²) in [6.45, 7) is 22.2. The number of nitrogens with zero attached hydrogens (tertiary/aromatic N) is 5. The fourth-order valence-electron chi connectivity index (χ4n) is 33.7. The third-order valence-corrected chi connectivity index (χ3v) is 40.7. The monoisotopic (exact) mass is 2280 g/mol. The molecule has 3 spiro atoms. The van der Waals surface area contributed by atoms with Gasteiger partial charge >= 0.3 is 0 Å². The van der Waals surface area contributed by atoms with Crippen molar-refractivity contribution in [3.63, 3.8) is 0 Å². The number of fused-ring (bicyclic) bond motifs is 2. The Balaban J connectivity index is 0.000000122. The van der Waals surface area contributed by atoms with Gasteiger partial charge in [-0.15, -0.1) is 0 Å². The lowest BCUT2D eigenvalue weighted by atomic mass is 9.48. The van der Waals surface area contributed by atoms with Crippen molar-refractivity contribution in [2.24, 2.45) is 58.3 Å². The van der Waals surface area contributed by atoms with Crippen LogP contribution < -0.4 is 128 Å². The summed E-state index contributed by atoms with van der Waals surface area (Å²) in [5, 5.41) is 90.6. The third-order valence-electron chi connectivity index (χ3n) is 40.7. The topological polar surface area (TPSA) is 422 Å². The maximum Gasteiger partial charge on any atom is 0.252 e. The number of likely N-dealkylation sites (tertiary alicyclic amines) is 5. The first-order valence-corrected chi connectivity index (χ1v) is 51.2. The number of ketones is 1. The summed E-state index contributed by atoms with van der Waals surface area (Å²) >= 11 is 0. The number of phenols is 2. The SMILES string of the molecule is C=C1CC[C@@]2(O)[C@H]3Cc4ccc(C(N)=O)c5c4[C@@]2(CC[N+]3(C)CC2CC2)[C@H]1O5.C=CC[N+]1(C)CC[C@]23C[C@@H](O)C=C[C@H]2[C@H]1Cc1ccc(C(N)=O)c(O)c13.C=CC[N+]1(C)CC[C@]23c4c5ccc(C(N)=O)c4O[C@H]2C(=O)CC[C@H]3[C@H]1C5.C[N+]1(CC2CCC2)CC[C@]23C[C@@H](O)C=C[C@@]2(O)[C@H]1Cc1ccc(C(N)=O)c(O)c13.C[N+]1(CC2CCC2)CC[C@]23c4c5ccc(C(N)=O)c4O[C@H]2[C@@H](O)C=C[C@@]3(O)[C@H]1C5.[Br-].[Br-].[Br-].[Br-].[Br-]. The van der Waals surface area contributed by atoms with Crippen LogP contribution in [0.3, 0.4) is 0 Å². The molecule has 10 bridgehead atoms. The minimum atomic E-state index is -1.18. The molecule has 5 aromatic carbocycles. The zero-order valence-electron chi connectivity index (χ0n) is 82.6. The highest BCUT2D eigenvalue weighted by atomic mass is 79.9. The molecule has 5 unspecified atom stereocenters. The average Bonchev–Trinajstić information content (AvgIpc) is 1.53. The lowest BCUT2D eigenvalue weighted by Crippen LogP contribution is -3.00. The second-order valence-corrected chi connectivity index (χ2v) is 47.5. The van der Waals surface area contributed by atoms with Gasteiger partial charge in [-0.2, -0.15) is 0 Å². The number of carbonyl (C=O) groups excluding carboxylic acids is 6. The summed E-state index contributed by atoms with van der Waals surface area (Å²) in [5.74, 6) is 1.87. The third kappa shape index (κ3) is 15.1. The van der Waals surface area contributed by atoms with E-state index in [0.29, 0.717) is 95.5 Å². The fraction of sp³-hybridized carbons (Fsp3) is 0.568. The van der Waals surface area contributed by atoms with Gasteiger partial charge < -0.3 is 191 Å². The average molecular weight is 2290 g/mol. The van der Waals surface area contributed by atoms with Crippen molar-refractivity contribution >= 4 is 35.3 Å². The molecule has 5 saturated heterocycles. The van der Waals surface area contributed by atoms with Gasteiger partial charge in [0.15, 0.2) is 11.9 Å². The number of piperidine rings is 5. The normalized spacial score (nSPS) is 39.5. The number of nitrogens with two attached hydrogens (primary N) is 5. The van der Waals surface area contributed by atoms with Crippen LogP contribution in [-0.2, 0) is 64.0 Å². The van der Waals surface area contributed by atoms with Crippen LogP contribution in [0.2, 0.25) is 0 Å². The molecule has 0 aromatic heterocycles. The molecule has 21 aliphatic rings. The number of benzene rings is 5. The van der Waals surface area contributed by atoms with Crippen LogP contribution in [0.5, 0.6) is 28.7 Å². The van der Waals surface area contributed by atoms with E-state index in [4.69, 9.17) is 42.9 Å². The Kier molecular flexibility index (Phi) is 27.7. The standard InChI is InChI=1S/C23H28N2O4.C23H30N2O4.C23H28N2O3.C21H24N2O3.C21H26N2O3.5BrH/c1-25(12-13-3-2-4-13)10-9-22-18-14-5-6-15(21(24)27)19(18)29-20(22)16(26)7-8-23(22,28)17(25)11-14;1-25(13-14-3-2-4-14)10-9-22-12-16(26)7-8-23(22,29)18(25)11-15-5-6-17(21(24)28)20(27)19(15)22;1-13-7-8-23(27)17-11-15-5-6-16(21(24)26)19-18(15)22(23,20(13)28-19)9-10-25(17,2)12-14-3-4-14;1-3-9-23(2)10-8-21-14-6-7-16(24)19(21)26-18-13(20(22)25)5-4-12(17(18)21)11-15(14)23;1-3-9-23(2)10-8-21-12-14(24)5-7-16(21)17(23)11-13-4-6-15(20(22)26)19(25)18(13)21;;;;;/h5-8,13,16-17,20,26,28H,2-4,9-12H2,1H3,(H-,24,27);5-8,14,16,18,26,29H,2-4,9-13H2,1H3,(H2-,24,27,28);5-6,14,17,20,27H,1,3-4,7-12H2,2H3,(H-,24,26);3-5,14-15,19H,1,6-11H2,2H3,(H-,22,25);3-7,14,16-17,24H,1,8-12H2,2H3,(H2-,22,25,26);5*1H/t16-,17+,20-,22-,23+,25?;16-,18+,22+,23+,25?;17-,20+,22+,23-,25?;14-,15+,19-,21-,23?;14-,16-,17+,21-,23?;;;;;/m00100...../s1. The number of carbonyl (C=O) groups is 6. The predicted molar refractivity (Wildman–Crippen MR) is 517 cm³/mol. The molecule has 13 aliphatic carbocycles. The van der Waals surface area contributed by atoms with E-state index in [1.165, 1.54) is 62.5 Å². The second kappa shape index (κ2) is 37.0. The van der Waals surface area contributed by atoms with E-state index in [2.05, 4.69) is 67.1 Å². The van der Waals surface area contributed by atoms with E-state index >= 15 is 0 Å². The molecule has 8 heterocycles. The van der Waals surface area contributed by atoms with Gasteiger partial charge in [0, 0.05) is 139 Å². The maximum absolute atomic E-state index is 12.8. The van der Waals surface area contributed by atoms with E-state index in [1.54, 1.807) is 42.5 Å². The minimum Gasteiger partial charge on any atom is -1.00 e. The molecule has 772 valence electrons. The van der Waals surface area contributed by atoms with Crippen molar-refractivity contribution < 1.29 is 191 Å². The number of aliphatic hydroxyl groups excluding tert-OH is 3. The van der Waals surface area contributed by atoms with Crippen molar-refractivity contribution in [2.75, 3.05) is 101 Å². The van der Waals surface area contributed by atoms with Crippen molar-refractivity contribution in [1.29, 1.82) is 0 Å². The van der Waals surface area contributed by atoms with E-state index in [-0.39, 0.29) is 154 Å². The lowest BCUT2D eigenvalue weighted by Gasteiger charge is -2.65. The highest BCUT2D eigenvalue weighted by Gasteiger charge is 2.79. The maximum atomic E-state index is 12.8. The molecule has 5 amide bonds. The molecular weight excluding hydrogens is 2140 g/mol. The van der Waals surface area contributed by atoms with Crippen molar-refractivity contribution in [3.05, 3.63) is 218 Å². The predicted octanol–water partition coefficient (Wildman–Crippen LogP) is -7.20. The summed E-state index contributed by atoms with van der Waals surface area (Å²) in [5.41, 5.74) is 34.8. The number of halogens is 5. The number of amides is 5.